The summed E-state index contributed by atoms with van der Waals surface area (Å²) >= 11 is 3.42. The van der Waals surface area contributed by atoms with Crippen molar-refractivity contribution in [3.8, 4) is 0 Å². The first-order valence-electron chi connectivity index (χ1n) is 3.50. The van der Waals surface area contributed by atoms with Crippen molar-refractivity contribution in [1.29, 1.82) is 0 Å². The first-order valence-corrected chi connectivity index (χ1v) is 4.29. The number of rotatable bonds is 0. The zero-order chi connectivity index (χ0) is 8.72. The van der Waals surface area contributed by atoms with E-state index in [-0.39, 0.29) is 0 Å². The summed E-state index contributed by atoms with van der Waals surface area (Å²) in [6.45, 7) is 1.93. The molecule has 4 nitrogen and oxygen atoms in total. The molecule has 0 aliphatic carbocycles. The maximum Gasteiger partial charge on any atom is 0.426 e. The molecule has 0 amide bonds. The van der Waals surface area contributed by atoms with Gasteiger partial charge >= 0.3 is 5.78 Å². The quantitative estimate of drug-likeness (QED) is 0.524. The second-order valence-electron chi connectivity index (χ2n) is 2.54. The van der Waals surface area contributed by atoms with Crippen LogP contribution >= 0.6 is 15.9 Å². The summed E-state index contributed by atoms with van der Waals surface area (Å²) in [4.78, 5) is 4.13. The van der Waals surface area contributed by atoms with Crippen molar-refractivity contribution in [3.63, 3.8) is 0 Å². The highest BCUT2D eigenvalue weighted by Gasteiger charge is 2.17. The number of imidazole rings is 1. The van der Waals surface area contributed by atoms with Crippen LogP contribution in [-0.2, 0) is 0 Å². The summed E-state index contributed by atoms with van der Waals surface area (Å²) in [5.74, 6) is 6.47. The third-order valence-electron chi connectivity index (χ3n) is 1.81. The third kappa shape index (κ3) is 0.828. The molecule has 2 rings (SSSR count). The molecule has 5 heteroatoms. The van der Waals surface area contributed by atoms with Gasteiger partial charge in [-0.05, 0) is 22.9 Å². The molecule has 0 aliphatic heterocycles. The highest BCUT2D eigenvalue weighted by Crippen LogP contribution is 2.11. The van der Waals surface area contributed by atoms with Gasteiger partial charge in [0.25, 0.3) is 0 Å². The Labute approximate surface area is 77.7 Å². The first kappa shape index (κ1) is 7.54. The predicted molar refractivity (Wildman–Crippen MR) is 48.0 cm³/mol. The van der Waals surface area contributed by atoms with E-state index in [0.717, 1.165) is 16.1 Å². The Morgan fingerprint density at radius 1 is 1.67 bits per heavy atom. The van der Waals surface area contributed by atoms with Crippen molar-refractivity contribution in [2.45, 2.75) is 6.92 Å². The molecule has 2 N–H and O–H groups in total. The number of hydrogen-bond donors (Lipinski definition) is 1. The van der Waals surface area contributed by atoms with Gasteiger partial charge in [0.05, 0.1) is 6.20 Å². The molecule has 0 saturated heterocycles. The monoisotopic (exact) mass is 227 g/mol. The summed E-state index contributed by atoms with van der Waals surface area (Å²) in [6.07, 6.45) is 3.62. The summed E-state index contributed by atoms with van der Waals surface area (Å²) in [7, 11) is 0. The van der Waals surface area contributed by atoms with Gasteiger partial charge in [-0.1, -0.05) is 4.98 Å². The first-order chi connectivity index (χ1) is 5.72. The van der Waals surface area contributed by atoms with Crippen molar-refractivity contribution in [2.24, 2.45) is 0 Å². The molecule has 2 aromatic heterocycles. The zero-order valence-electron chi connectivity index (χ0n) is 6.53. The number of fused-ring (bicyclic) bond motifs is 1. The molecule has 0 unspecified atom stereocenters. The highest BCUT2D eigenvalue weighted by atomic mass is 79.9. The second-order valence-corrected chi connectivity index (χ2v) is 3.29. The van der Waals surface area contributed by atoms with Gasteiger partial charge in [0, 0.05) is 6.07 Å². The fraction of sp³-hybridized carbons (Fsp3) is 0.143. The molecule has 0 radical (unpaired) electrons. The Morgan fingerprint density at radius 2 is 2.42 bits per heavy atom. The van der Waals surface area contributed by atoms with Gasteiger partial charge in [-0.15, -0.1) is 4.68 Å². The molecule has 0 fully saturated rings. The van der Waals surface area contributed by atoms with Crippen LogP contribution in [-0.4, -0.2) is 9.66 Å². The molecular formula is C7H8BrN4+. The number of halogens is 1. The van der Waals surface area contributed by atoms with Gasteiger partial charge in [0.1, 0.15) is 11.9 Å². The van der Waals surface area contributed by atoms with Crippen LogP contribution in [0, 0.1) is 6.92 Å². The number of nitrogens with zero attached hydrogens (tertiary/aromatic N) is 3. The molecule has 0 saturated carbocycles. The minimum absolute atomic E-state index is 0.724. The zero-order valence-corrected chi connectivity index (χ0v) is 8.12. The van der Waals surface area contributed by atoms with Crippen LogP contribution in [0.3, 0.4) is 0 Å². The molecule has 2 aromatic rings. The second kappa shape index (κ2) is 2.45. The number of nitrogens with two attached hydrogens (primary N) is 1. The van der Waals surface area contributed by atoms with Crippen LogP contribution in [0.25, 0.3) is 5.78 Å². The molecule has 2 heterocycles. The van der Waals surface area contributed by atoms with Gasteiger partial charge < -0.3 is 0 Å². The van der Waals surface area contributed by atoms with E-state index < -0.39 is 0 Å². The fourth-order valence-corrected chi connectivity index (χ4v) is 1.59. The van der Waals surface area contributed by atoms with Gasteiger partial charge in [-0.3, -0.25) is 5.84 Å². The van der Waals surface area contributed by atoms with Gasteiger partial charge in [0.15, 0.2) is 4.60 Å². The summed E-state index contributed by atoms with van der Waals surface area (Å²) in [5.41, 5.74) is 0.953. The molecule has 12 heavy (non-hydrogen) atoms. The number of hydrogen-bond acceptors (Lipinski definition) is 2. The van der Waals surface area contributed by atoms with E-state index in [1.165, 1.54) is 0 Å². The Hall–Kier alpha value is -1.10. The largest absolute Gasteiger partial charge is 0.426 e. The SMILES string of the molecule is Cc1c(Br)[n+]2cccnc2n1N. The average molecular weight is 228 g/mol. The highest BCUT2D eigenvalue weighted by molar-refractivity contribution is 9.10. The maximum atomic E-state index is 5.74. The van der Waals surface area contributed by atoms with Crippen molar-refractivity contribution in [3.05, 3.63) is 28.8 Å². The molecule has 0 spiro atoms. The lowest BCUT2D eigenvalue weighted by Gasteiger charge is -1.84. The van der Waals surface area contributed by atoms with Gasteiger partial charge in [0.2, 0.25) is 0 Å². The Morgan fingerprint density at radius 3 is 3.08 bits per heavy atom. The standard InChI is InChI=1S/C7H8BrN4/c1-5-6(8)11-4-2-3-10-7(11)12(5)9/h2-4H,9H2,1H3/q+1. The van der Waals surface area contributed by atoms with Crippen molar-refractivity contribution >= 4 is 21.7 Å². The predicted octanol–water partition coefficient (Wildman–Crippen LogP) is 0.407. The molecule has 0 atom stereocenters. The van der Waals surface area contributed by atoms with Crippen LogP contribution in [0.1, 0.15) is 5.69 Å². The molecular weight excluding hydrogens is 220 g/mol. The van der Waals surface area contributed by atoms with Gasteiger partial charge in [-0.2, -0.15) is 4.40 Å². The normalized spacial score (nSPS) is 10.8. The topological polar surface area (TPSA) is 47.9 Å². The van der Waals surface area contributed by atoms with E-state index in [2.05, 4.69) is 20.9 Å². The van der Waals surface area contributed by atoms with Crippen LogP contribution in [0.4, 0.5) is 0 Å². The van der Waals surface area contributed by atoms with E-state index in [1.54, 1.807) is 10.9 Å². The minimum atomic E-state index is 0.724. The molecule has 0 aromatic carbocycles. The van der Waals surface area contributed by atoms with E-state index in [0.29, 0.717) is 0 Å². The summed E-state index contributed by atoms with van der Waals surface area (Å²) in [5, 5.41) is 0. The van der Waals surface area contributed by atoms with Crippen LogP contribution in [0.2, 0.25) is 0 Å². The molecule has 0 aliphatic rings. The smallest absolute Gasteiger partial charge is 0.289 e. The van der Waals surface area contributed by atoms with Crippen molar-refractivity contribution in [1.82, 2.24) is 9.66 Å². The van der Waals surface area contributed by atoms with E-state index in [9.17, 15) is 0 Å². The lowest BCUT2D eigenvalue weighted by atomic mass is 10.6. The summed E-state index contributed by atoms with van der Waals surface area (Å²) in [6, 6.07) is 1.86. The Balaban J connectivity index is 2.99. The fourth-order valence-electron chi connectivity index (χ4n) is 1.12. The van der Waals surface area contributed by atoms with Gasteiger partial charge in [-0.25, -0.2) is 0 Å². The third-order valence-corrected chi connectivity index (χ3v) is 2.77. The maximum absolute atomic E-state index is 5.74. The summed E-state index contributed by atoms with van der Waals surface area (Å²) < 4.78 is 4.37. The van der Waals surface area contributed by atoms with E-state index in [4.69, 9.17) is 5.84 Å². The Bertz CT molecular complexity index is 395. The lowest BCUT2D eigenvalue weighted by Crippen LogP contribution is -2.23. The van der Waals surface area contributed by atoms with Crippen molar-refractivity contribution < 1.29 is 4.40 Å². The van der Waals surface area contributed by atoms with Crippen LogP contribution in [0.15, 0.2) is 23.1 Å². The van der Waals surface area contributed by atoms with Crippen molar-refractivity contribution in [2.75, 3.05) is 5.84 Å². The molecule has 0 bridgehead atoms. The average Bonchev–Trinajstić information content (AvgIpc) is 2.33. The number of aromatic nitrogens is 3. The van der Waals surface area contributed by atoms with E-state index in [1.807, 2.05) is 23.6 Å². The van der Waals surface area contributed by atoms with Crippen LogP contribution in [0.5, 0.6) is 0 Å². The minimum Gasteiger partial charge on any atom is -0.289 e. The van der Waals surface area contributed by atoms with Crippen LogP contribution < -0.4 is 10.2 Å². The number of nitrogen functional groups attached to an aromatic ring is 1. The Kier molecular flexibility index (Phi) is 1.54. The van der Waals surface area contributed by atoms with E-state index >= 15 is 0 Å². The molecule has 62 valence electrons. The lowest BCUT2D eigenvalue weighted by molar-refractivity contribution is -0.525.